The SMILES string of the molecule is CCCC[C@@H](CC)CNC(=S)N1CCN(S(=O)(=O)c2ccc(C)c(C)c2)CC1. The predicted molar refractivity (Wildman–Crippen MR) is 120 cm³/mol. The summed E-state index contributed by atoms with van der Waals surface area (Å²) in [6, 6.07) is 5.35. The molecule has 0 aromatic heterocycles. The van der Waals surface area contributed by atoms with E-state index in [2.05, 4.69) is 24.1 Å². The minimum Gasteiger partial charge on any atom is -0.362 e. The third-order valence-corrected chi connectivity index (χ3v) is 8.02. The number of piperazine rings is 1. The van der Waals surface area contributed by atoms with Gasteiger partial charge in [0.2, 0.25) is 10.0 Å². The van der Waals surface area contributed by atoms with Crippen LogP contribution >= 0.6 is 12.2 Å². The molecule has 0 aliphatic carbocycles. The molecule has 7 heteroatoms. The van der Waals surface area contributed by atoms with Crippen molar-refractivity contribution in [2.24, 2.45) is 5.92 Å². The van der Waals surface area contributed by atoms with Gasteiger partial charge in [0.15, 0.2) is 5.11 Å². The maximum Gasteiger partial charge on any atom is 0.243 e. The molecular weight excluding hydrogens is 390 g/mol. The highest BCUT2D eigenvalue weighted by molar-refractivity contribution is 7.89. The van der Waals surface area contributed by atoms with E-state index in [-0.39, 0.29) is 0 Å². The molecule has 158 valence electrons. The molecule has 1 saturated heterocycles. The summed E-state index contributed by atoms with van der Waals surface area (Å²) in [5, 5.41) is 4.15. The van der Waals surface area contributed by atoms with Crippen LogP contribution in [0.25, 0.3) is 0 Å². The number of hydrogen-bond acceptors (Lipinski definition) is 3. The lowest BCUT2D eigenvalue weighted by Crippen LogP contribution is -2.53. The smallest absolute Gasteiger partial charge is 0.243 e. The molecule has 0 bridgehead atoms. The Balaban J connectivity index is 1.89. The second-order valence-electron chi connectivity index (χ2n) is 7.74. The van der Waals surface area contributed by atoms with E-state index >= 15 is 0 Å². The Hall–Kier alpha value is -1.18. The summed E-state index contributed by atoms with van der Waals surface area (Å²) in [4.78, 5) is 2.47. The van der Waals surface area contributed by atoms with Gasteiger partial charge >= 0.3 is 0 Å². The maximum absolute atomic E-state index is 12.9. The molecule has 1 aromatic rings. The minimum atomic E-state index is -3.45. The monoisotopic (exact) mass is 425 g/mol. The van der Waals surface area contributed by atoms with Gasteiger partial charge in [0.1, 0.15) is 0 Å². The van der Waals surface area contributed by atoms with Crippen LogP contribution in [0.2, 0.25) is 0 Å². The molecule has 1 N–H and O–H groups in total. The van der Waals surface area contributed by atoms with Gasteiger partial charge in [-0.05, 0) is 61.7 Å². The highest BCUT2D eigenvalue weighted by Crippen LogP contribution is 2.20. The van der Waals surface area contributed by atoms with Crippen molar-refractivity contribution < 1.29 is 8.42 Å². The van der Waals surface area contributed by atoms with Gasteiger partial charge in [-0.25, -0.2) is 8.42 Å². The summed E-state index contributed by atoms with van der Waals surface area (Å²) in [6.07, 6.45) is 4.85. The van der Waals surface area contributed by atoms with Gasteiger partial charge in [0.25, 0.3) is 0 Å². The van der Waals surface area contributed by atoms with Crippen LogP contribution in [0.4, 0.5) is 0 Å². The fourth-order valence-electron chi connectivity index (χ4n) is 3.44. The van der Waals surface area contributed by atoms with Crippen molar-refractivity contribution in [2.75, 3.05) is 32.7 Å². The van der Waals surface area contributed by atoms with Crippen molar-refractivity contribution in [1.29, 1.82) is 0 Å². The lowest BCUT2D eigenvalue weighted by Gasteiger charge is -2.36. The average molecular weight is 426 g/mol. The third kappa shape index (κ3) is 5.91. The van der Waals surface area contributed by atoms with Gasteiger partial charge in [-0.1, -0.05) is 39.2 Å². The molecule has 2 rings (SSSR count). The van der Waals surface area contributed by atoms with Crippen LogP contribution in [0.15, 0.2) is 23.1 Å². The van der Waals surface area contributed by atoms with Crippen molar-refractivity contribution >= 4 is 27.4 Å². The number of benzene rings is 1. The molecule has 0 unspecified atom stereocenters. The van der Waals surface area contributed by atoms with Crippen molar-refractivity contribution in [2.45, 2.75) is 58.3 Å². The Bertz CT molecular complexity index is 757. The second-order valence-corrected chi connectivity index (χ2v) is 10.1. The Morgan fingerprint density at radius 1 is 1.14 bits per heavy atom. The van der Waals surface area contributed by atoms with Gasteiger partial charge < -0.3 is 10.2 Å². The van der Waals surface area contributed by atoms with Crippen LogP contribution < -0.4 is 5.32 Å². The Kier molecular flexibility index (Phi) is 8.71. The first kappa shape index (κ1) is 23.1. The zero-order valence-electron chi connectivity index (χ0n) is 17.7. The first-order chi connectivity index (χ1) is 13.3. The molecule has 0 amide bonds. The summed E-state index contributed by atoms with van der Waals surface area (Å²) < 4.78 is 27.5. The lowest BCUT2D eigenvalue weighted by molar-refractivity contribution is 0.262. The molecular formula is C21H35N3O2S2. The zero-order valence-corrected chi connectivity index (χ0v) is 19.3. The second kappa shape index (κ2) is 10.6. The molecule has 1 aliphatic rings. The van der Waals surface area contributed by atoms with Crippen LogP contribution in [0, 0.1) is 19.8 Å². The summed E-state index contributed by atoms with van der Waals surface area (Å²) in [6.45, 7) is 11.5. The van der Waals surface area contributed by atoms with E-state index in [4.69, 9.17) is 12.2 Å². The molecule has 0 radical (unpaired) electrons. The molecule has 5 nitrogen and oxygen atoms in total. The number of rotatable bonds is 8. The van der Waals surface area contributed by atoms with Gasteiger partial charge in [0, 0.05) is 32.7 Å². The average Bonchev–Trinajstić information content (AvgIpc) is 2.70. The van der Waals surface area contributed by atoms with Crippen LogP contribution in [0.1, 0.15) is 50.7 Å². The Labute approximate surface area is 176 Å². The number of unbranched alkanes of at least 4 members (excludes halogenated alkanes) is 1. The summed E-state index contributed by atoms with van der Waals surface area (Å²) in [5.74, 6) is 0.643. The van der Waals surface area contributed by atoms with E-state index in [1.165, 1.54) is 19.3 Å². The van der Waals surface area contributed by atoms with E-state index in [9.17, 15) is 8.42 Å². The largest absolute Gasteiger partial charge is 0.362 e. The number of nitrogens with one attached hydrogen (secondary N) is 1. The zero-order chi connectivity index (χ0) is 20.7. The van der Waals surface area contributed by atoms with E-state index in [1.807, 2.05) is 19.9 Å². The van der Waals surface area contributed by atoms with Crippen LogP contribution in [-0.2, 0) is 10.0 Å². The first-order valence-corrected chi connectivity index (χ1v) is 12.2. The third-order valence-electron chi connectivity index (χ3n) is 5.73. The topological polar surface area (TPSA) is 52.6 Å². The lowest BCUT2D eigenvalue weighted by atomic mass is 9.99. The van der Waals surface area contributed by atoms with Crippen LogP contribution in [0.3, 0.4) is 0 Å². The number of nitrogens with zero attached hydrogens (tertiary/aromatic N) is 2. The first-order valence-electron chi connectivity index (χ1n) is 10.4. The van der Waals surface area contributed by atoms with Crippen molar-refractivity contribution in [3.05, 3.63) is 29.3 Å². The standard InChI is InChI=1S/C21H35N3O2S2/c1-5-7-8-19(6-2)16-22-21(27)23-11-13-24(14-12-23)28(25,26)20-10-9-17(3)18(4)15-20/h9-10,15,19H,5-8,11-14,16H2,1-4H3,(H,22,27)/t19-/m1/s1. The van der Waals surface area contributed by atoms with E-state index in [1.54, 1.807) is 16.4 Å². The highest BCUT2D eigenvalue weighted by atomic mass is 32.2. The number of aryl methyl sites for hydroxylation is 2. The Morgan fingerprint density at radius 2 is 1.82 bits per heavy atom. The fraction of sp³-hybridized carbons (Fsp3) is 0.667. The highest BCUT2D eigenvalue weighted by Gasteiger charge is 2.29. The van der Waals surface area contributed by atoms with Crippen molar-refractivity contribution in [3.8, 4) is 0 Å². The van der Waals surface area contributed by atoms with Gasteiger partial charge in [-0.2, -0.15) is 4.31 Å². The number of sulfonamides is 1. The fourth-order valence-corrected chi connectivity index (χ4v) is 5.22. The number of thiocarbonyl (C=S) groups is 1. The predicted octanol–water partition coefficient (Wildman–Crippen LogP) is 3.70. The minimum absolute atomic E-state index is 0.381. The maximum atomic E-state index is 12.9. The summed E-state index contributed by atoms with van der Waals surface area (Å²) in [7, 11) is -3.45. The van der Waals surface area contributed by atoms with E-state index < -0.39 is 10.0 Å². The number of hydrogen-bond donors (Lipinski definition) is 1. The van der Waals surface area contributed by atoms with Crippen LogP contribution in [-0.4, -0.2) is 55.5 Å². The van der Waals surface area contributed by atoms with Gasteiger partial charge in [0.05, 0.1) is 4.90 Å². The van der Waals surface area contributed by atoms with Gasteiger partial charge in [-0.15, -0.1) is 0 Å². The Morgan fingerprint density at radius 3 is 2.39 bits per heavy atom. The quantitative estimate of drug-likeness (QED) is 0.644. The van der Waals surface area contributed by atoms with Crippen molar-refractivity contribution in [1.82, 2.24) is 14.5 Å². The molecule has 28 heavy (non-hydrogen) atoms. The molecule has 0 saturated carbocycles. The normalized spacial score (nSPS) is 16.8. The van der Waals surface area contributed by atoms with Crippen molar-refractivity contribution in [3.63, 3.8) is 0 Å². The molecule has 1 aromatic carbocycles. The van der Waals surface area contributed by atoms with E-state index in [0.717, 1.165) is 29.2 Å². The molecule has 1 heterocycles. The molecule has 0 spiro atoms. The summed E-state index contributed by atoms with van der Waals surface area (Å²) in [5.41, 5.74) is 2.10. The summed E-state index contributed by atoms with van der Waals surface area (Å²) >= 11 is 5.56. The molecule has 1 fully saturated rings. The molecule has 1 aliphatic heterocycles. The van der Waals surface area contributed by atoms with Gasteiger partial charge in [-0.3, -0.25) is 0 Å². The van der Waals surface area contributed by atoms with Crippen LogP contribution in [0.5, 0.6) is 0 Å². The molecule has 1 atom stereocenters. The van der Waals surface area contributed by atoms with E-state index in [0.29, 0.717) is 37.0 Å².